The van der Waals surface area contributed by atoms with E-state index in [0.29, 0.717) is 0 Å². The molecule has 2 aromatic carbocycles. The number of carbonyl (C=O) groups excluding carboxylic acids is 1. The molecule has 1 aliphatic rings. The number of rotatable bonds is 3. The molecule has 0 radical (unpaired) electrons. The summed E-state index contributed by atoms with van der Waals surface area (Å²) in [6.45, 7) is 1.99. The minimum atomic E-state index is 0.0511. The van der Waals surface area contributed by atoms with Crippen molar-refractivity contribution in [3.63, 3.8) is 0 Å². The number of amides is 1. The van der Waals surface area contributed by atoms with Gasteiger partial charge in [-0.05, 0) is 17.7 Å². The summed E-state index contributed by atoms with van der Waals surface area (Å²) < 4.78 is 0. The second kappa shape index (κ2) is 5.33. The van der Waals surface area contributed by atoms with Crippen LogP contribution in [0.25, 0.3) is 6.08 Å². The van der Waals surface area contributed by atoms with Crippen LogP contribution in [0.1, 0.15) is 12.5 Å². The van der Waals surface area contributed by atoms with Crippen LogP contribution in [0.5, 0.6) is 0 Å². The summed E-state index contributed by atoms with van der Waals surface area (Å²) in [4.78, 5) is 13.9. The minimum Gasteiger partial charge on any atom is -0.304 e. The van der Waals surface area contributed by atoms with Gasteiger partial charge in [0.05, 0.1) is 12.0 Å². The Labute approximate surface area is 119 Å². The van der Waals surface area contributed by atoms with Crippen LogP contribution < -0.4 is 4.90 Å². The number of β-lactam (4-membered cyclic amide) rings is 1. The van der Waals surface area contributed by atoms with Crippen molar-refractivity contribution >= 4 is 17.7 Å². The van der Waals surface area contributed by atoms with Crippen molar-refractivity contribution in [2.45, 2.75) is 13.0 Å². The van der Waals surface area contributed by atoms with Gasteiger partial charge < -0.3 is 4.90 Å². The third kappa shape index (κ3) is 2.25. The lowest BCUT2D eigenvalue weighted by atomic mass is 9.87. The second-order valence-electron chi connectivity index (χ2n) is 5.09. The topological polar surface area (TPSA) is 20.3 Å². The minimum absolute atomic E-state index is 0.0511. The molecular weight excluding hydrogens is 246 g/mol. The zero-order chi connectivity index (χ0) is 13.9. The zero-order valence-corrected chi connectivity index (χ0v) is 11.4. The Kier molecular flexibility index (Phi) is 3.38. The Balaban J connectivity index is 1.82. The largest absolute Gasteiger partial charge is 0.304 e. The van der Waals surface area contributed by atoms with Crippen LogP contribution in [0, 0.1) is 5.92 Å². The number of hydrogen-bond donors (Lipinski definition) is 0. The first-order valence-electron chi connectivity index (χ1n) is 6.89. The summed E-state index contributed by atoms with van der Waals surface area (Å²) in [7, 11) is 0. The first-order valence-corrected chi connectivity index (χ1v) is 6.89. The molecular formula is C18H17NO. The van der Waals surface area contributed by atoms with Crippen molar-refractivity contribution in [2.75, 3.05) is 4.90 Å². The number of hydrogen-bond acceptors (Lipinski definition) is 1. The summed E-state index contributed by atoms with van der Waals surface area (Å²) in [6, 6.07) is 20.2. The molecule has 1 amide bonds. The van der Waals surface area contributed by atoms with Gasteiger partial charge in [0.15, 0.2) is 0 Å². The fraction of sp³-hybridized carbons (Fsp3) is 0.167. The first-order chi connectivity index (χ1) is 9.77. The van der Waals surface area contributed by atoms with Crippen molar-refractivity contribution in [2.24, 2.45) is 5.92 Å². The van der Waals surface area contributed by atoms with Gasteiger partial charge in [0.25, 0.3) is 0 Å². The van der Waals surface area contributed by atoms with Crippen molar-refractivity contribution in [3.8, 4) is 0 Å². The molecule has 1 saturated heterocycles. The predicted octanol–water partition coefficient (Wildman–Crippen LogP) is 3.75. The number of carbonyl (C=O) groups is 1. The molecule has 1 aliphatic heterocycles. The van der Waals surface area contributed by atoms with Gasteiger partial charge in [-0.2, -0.15) is 0 Å². The molecule has 2 aromatic rings. The van der Waals surface area contributed by atoms with E-state index < -0.39 is 0 Å². The number of anilines is 1. The van der Waals surface area contributed by atoms with E-state index >= 15 is 0 Å². The fourth-order valence-electron chi connectivity index (χ4n) is 2.57. The summed E-state index contributed by atoms with van der Waals surface area (Å²) in [5.74, 6) is 0.245. The first kappa shape index (κ1) is 12.7. The van der Waals surface area contributed by atoms with Crippen molar-refractivity contribution in [3.05, 3.63) is 72.3 Å². The van der Waals surface area contributed by atoms with E-state index in [4.69, 9.17) is 0 Å². The Bertz CT molecular complexity index is 618. The predicted molar refractivity (Wildman–Crippen MR) is 82.4 cm³/mol. The molecule has 0 saturated carbocycles. The SMILES string of the molecule is C[C@H]1C(=O)N(c2ccccc2)[C@@H]1/C=C/c1ccccc1. The molecule has 1 heterocycles. The van der Waals surface area contributed by atoms with E-state index in [1.807, 2.05) is 60.4 Å². The van der Waals surface area contributed by atoms with Crippen LogP contribution >= 0.6 is 0 Å². The Morgan fingerprint density at radius 3 is 2.20 bits per heavy atom. The zero-order valence-electron chi connectivity index (χ0n) is 11.4. The molecule has 0 aromatic heterocycles. The molecule has 0 spiro atoms. The lowest BCUT2D eigenvalue weighted by Gasteiger charge is -2.44. The van der Waals surface area contributed by atoms with Gasteiger partial charge in [-0.15, -0.1) is 0 Å². The maximum atomic E-state index is 12.1. The smallest absolute Gasteiger partial charge is 0.232 e. The highest BCUT2D eigenvalue weighted by Crippen LogP contribution is 2.33. The molecule has 2 atom stereocenters. The lowest BCUT2D eigenvalue weighted by Crippen LogP contribution is -2.59. The lowest BCUT2D eigenvalue weighted by molar-refractivity contribution is -0.128. The van der Waals surface area contributed by atoms with Crippen molar-refractivity contribution in [1.29, 1.82) is 0 Å². The number of para-hydroxylation sites is 1. The van der Waals surface area contributed by atoms with Gasteiger partial charge >= 0.3 is 0 Å². The van der Waals surface area contributed by atoms with Crippen LogP contribution in [0.2, 0.25) is 0 Å². The van der Waals surface area contributed by atoms with Crippen LogP contribution in [-0.4, -0.2) is 11.9 Å². The highest BCUT2D eigenvalue weighted by Gasteiger charge is 2.43. The van der Waals surface area contributed by atoms with Gasteiger partial charge in [0.2, 0.25) is 5.91 Å². The van der Waals surface area contributed by atoms with Crippen LogP contribution in [-0.2, 0) is 4.79 Å². The molecule has 20 heavy (non-hydrogen) atoms. The van der Waals surface area contributed by atoms with E-state index in [0.717, 1.165) is 11.3 Å². The molecule has 100 valence electrons. The van der Waals surface area contributed by atoms with E-state index in [2.05, 4.69) is 24.3 Å². The molecule has 0 aliphatic carbocycles. The van der Waals surface area contributed by atoms with Gasteiger partial charge in [-0.25, -0.2) is 0 Å². The maximum Gasteiger partial charge on any atom is 0.232 e. The average molecular weight is 263 g/mol. The van der Waals surface area contributed by atoms with Crippen LogP contribution in [0.4, 0.5) is 5.69 Å². The molecule has 0 N–H and O–H groups in total. The van der Waals surface area contributed by atoms with Gasteiger partial charge in [0, 0.05) is 5.69 Å². The second-order valence-corrected chi connectivity index (χ2v) is 5.09. The molecule has 0 bridgehead atoms. The maximum absolute atomic E-state index is 12.1. The van der Waals surface area contributed by atoms with Gasteiger partial charge in [-0.3, -0.25) is 4.79 Å². The van der Waals surface area contributed by atoms with E-state index in [1.165, 1.54) is 0 Å². The Hall–Kier alpha value is -2.35. The summed E-state index contributed by atoms with van der Waals surface area (Å²) in [5, 5.41) is 0. The standard InChI is InChI=1S/C18H17NO/c1-14-17(13-12-15-8-4-2-5-9-15)19(18(14)20)16-10-6-3-7-11-16/h2-14,17H,1H3/b13-12+/t14-,17-/m1/s1. The quantitative estimate of drug-likeness (QED) is 0.772. The van der Waals surface area contributed by atoms with Crippen molar-refractivity contribution < 1.29 is 4.79 Å². The number of nitrogens with zero attached hydrogens (tertiary/aromatic N) is 1. The van der Waals surface area contributed by atoms with Crippen LogP contribution in [0.3, 0.4) is 0 Å². The Morgan fingerprint density at radius 1 is 0.950 bits per heavy atom. The highest BCUT2D eigenvalue weighted by atomic mass is 16.2. The highest BCUT2D eigenvalue weighted by molar-refractivity contribution is 6.03. The average Bonchev–Trinajstić information content (AvgIpc) is 2.52. The Morgan fingerprint density at radius 2 is 1.55 bits per heavy atom. The fourth-order valence-corrected chi connectivity index (χ4v) is 2.57. The molecule has 3 rings (SSSR count). The molecule has 2 nitrogen and oxygen atoms in total. The van der Waals surface area contributed by atoms with E-state index in [9.17, 15) is 4.79 Å². The van der Waals surface area contributed by atoms with Gasteiger partial charge in [-0.1, -0.05) is 67.6 Å². The molecule has 1 fully saturated rings. The normalized spacial score (nSPS) is 22.1. The summed E-state index contributed by atoms with van der Waals surface area (Å²) >= 11 is 0. The van der Waals surface area contributed by atoms with E-state index in [1.54, 1.807) is 0 Å². The molecule has 0 unspecified atom stereocenters. The van der Waals surface area contributed by atoms with Crippen molar-refractivity contribution in [1.82, 2.24) is 0 Å². The third-order valence-corrected chi connectivity index (χ3v) is 3.76. The number of benzene rings is 2. The van der Waals surface area contributed by atoms with E-state index in [-0.39, 0.29) is 17.9 Å². The summed E-state index contributed by atoms with van der Waals surface area (Å²) in [6.07, 6.45) is 4.21. The molecule has 2 heteroatoms. The third-order valence-electron chi connectivity index (χ3n) is 3.76. The summed E-state index contributed by atoms with van der Waals surface area (Å²) in [5.41, 5.74) is 2.13. The van der Waals surface area contributed by atoms with Crippen LogP contribution in [0.15, 0.2) is 66.7 Å². The monoisotopic (exact) mass is 263 g/mol. The van der Waals surface area contributed by atoms with Gasteiger partial charge in [0.1, 0.15) is 0 Å².